The van der Waals surface area contributed by atoms with Gasteiger partial charge in [-0.3, -0.25) is 9.69 Å². The van der Waals surface area contributed by atoms with Gasteiger partial charge >= 0.3 is 0 Å². The number of ketones is 1. The highest BCUT2D eigenvalue weighted by Gasteiger charge is 2.33. The maximum Gasteiger partial charge on any atom is 0.137 e. The highest BCUT2D eigenvalue weighted by atomic mass is 16.3. The van der Waals surface area contributed by atoms with Crippen molar-refractivity contribution in [3.05, 3.63) is 24.2 Å². The lowest BCUT2D eigenvalue weighted by Crippen LogP contribution is -2.39. The molecule has 1 aromatic rings. The fourth-order valence-electron chi connectivity index (χ4n) is 3.18. The van der Waals surface area contributed by atoms with E-state index in [-0.39, 0.29) is 5.92 Å². The van der Waals surface area contributed by atoms with Gasteiger partial charge in [-0.15, -0.1) is 0 Å². The Morgan fingerprint density at radius 2 is 2.21 bits per heavy atom. The molecular formula is C16H25NO2. The van der Waals surface area contributed by atoms with Crippen LogP contribution >= 0.6 is 0 Å². The van der Waals surface area contributed by atoms with Gasteiger partial charge in [0.15, 0.2) is 0 Å². The number of Topliss-reactive ketones (excluding diaryl/α,β-unsaturated/α-hetero) is 1. The average molecular weight is 263 g/mol. The molecule has 19 heavy (non-hydrogen) atoms. The van der Waals surface area contributed by atoms with Crippen LogP contribution in [0.15, 0.2) is 22.8 Å². The van der Waals surface area contributed by atoms with E-state index in [2.05, 4.69) is 25.7 Å². The maximum atomic E-state index is 12.2. The van der Waals surface area contributed by atoms with E-state index in [0.29, 0.717) is 17.6 Å². The maximum absolute atomic E-state index is 12.2. The van der Waals surface area contributed by atoms with Crippen LogP contribution in [0.4, 0.5) is 0 Å². The SMILES string of the molecule is CCN(Cc1ccco1)CC1C(=O)CC(C)CC1C. The molecule has 3 atom stereocenters. The third-order valence-corrected chi connectivity index (χ3v) is 4.29. The van der Waals surface area contributed by atoms with E-state index in [1.807, 2.05) is 12.1 Å². The molecule has 1 aliphatic carbocycles. The Morgan fingerprint density at radius 3 is 2.79 bits per heavy atom. The second kappa shape index (κ2) is 6.38. The van der Waals surface area contributed by atoms with Crippen LogP contribution in [0, 0.1) is 17.8 Å². The Labute approximate surface area is 116 Å². The average Bonchev–Trinajstić information content (AvgIpc) is 2.84. The van der Waals surface area contributed by atoms with Gasteiger partial charge in [0.25, 0.3) is 0 Å². The number of carbonyl (C=O) groups excluding carboxylic acids is 1. The summed E-state index contributed by atoms with van der Waals surface area (Å²) in [7, 11) is 0. The Balaban J connectivity index is 1.95. The minimum Gasteiger partial charge on any atom is -0.468 e. The fraction of sp³-hybridized carbons (Fsp3) is 0.688. The van der Waals surface area contributed by atoms with Gasteiger partial charge in [0.05, 0.1) is 12.8 Å². The monoisotopic (exact) mass is 263 g/mol. The molecule has 3 unspecified atom stereocenters. The first-order valence-electron chi connectivity index (χ1n) is 7.37. The number of furan rings is 1. The third-order valence-electron chi connectivity index (χ3n) is 4.29. The second-order valence-corrected chi connectivity index (χ2v) is 6.00. The van der Waals surface area contributed by atoms with Gasteiger partial charge in [-0.25, -0.2) is 0 Å². The zero-order valence-corrected chi connectivity index (χ0v) is 12.3. The van der Waals surface area contributed by atoms with Gasteiger partial charge < -0.3 is 4.42 Å². The summed E-state index contributed by atoms with van der Waals surface area (Å²) in [6, 6.07) is 3.91. The summed E-state index contributed by atoms with van der Waals surface area (Å²) in [6.07, 6.45) is 3.64. The molecule has 0 aliphatic heterocycles. The first-order chi connectivity index (χ1) is 9.10. The lowest BCUT2D eigenvalue weighted by atomic mass is 9.74. The largest absolute Gasteiger partial charge is 0.468 e. The van der Waals surface area contributed by atoms with E-state index in [0.717, 1.165) is 31.8 Å². The molecule has 1 fully saturated rings. The van der Waals surface area contributed by atoms with Crippen molar-refractivity contribution in [1.29, 1.82) is 0 Å². The predicted molar refractivity (Wildman–Crippen MR) is 75.7 cm³/mol. The molecule has 106 valence electrons. The highest BCUT2D eigenvalue weighted by molar-refractivity contribution is 5.82. The molecular weight excluding hydrogens is 238 g/mol. The lowest BCUT2D eigenvalue weighted by Gasteiger charge is -2.34. The fourth-order valence-corrected chi connectivity index (χ4v) is 3.18. The van der Waals surface area contributed by atoms with Crippen LogP contribution in [-0.2, 0) is 11.3 Å². The van der Waals surface area contributed by atoms with Crippen molar-refractivity contribution in [2.24, 2.45) is 17.8 Å². The van der Waals surface area contributed by atoms with Crippen molar-refractivity contribution in [2.75, 3.05) is 13.1 Å². The number of hydrogen-bond acceptors (Lipinski definition) is 3. The molecule has 0 aromatic carbocycles. The van der Waals surface area contributed by atoms with Crippen molar-refractivity contribution in [2.45, 2.75) is 40.2 Å². The summed E-state index contributed by atoms with van der Waals surface area (Å²) in [6.45, 7) is 9.17. The number of nitrogens with zero attached hydrogens (tertiary/aromatic N) is 1. The molecule has 2 rings (SSSR count). The summed E-state index contributed by atoms with van der Waals surface area (Å²) in [5.74, 6) is 2.68. The molecule has 0 N–H and O–H groups in total. The van der Waals surface area contributed by atoms with Crippen LogP contribution in [0.2, 0.25) is 0 Å². The van der Waals surface area contributed by atoms with E-state index in [1.165, 1.54) is 6.42 Å². The Hall–Kier alpha value is -1.09. The smallest absolute Gasteiger partial charge is 0.137 e. The molecule has 0 amide bonds. The van der Waals surface area contributed by atoms with Crippen molar-refractivity contribution in [3.8, 4) is 0 Å². The zero-order valence-electron chi connectivity index (χ0n) is 12.3. The van der Waals surface area contributed by atoms with Crippen LogP contribution < -0.4 is 0 Å². The molecule has 1 heterocycles. The normalized spacial score (nSPS) is 28.0. The van der Waals surface area contributed by atoms with E-state index >= 15 is 0 Å². The van der Waals surface area contributed by atoms with Crippen LogP contribution in [-0.4, -0.2) is 23.8 Å². The Morgan fingerprint density at radius 1 is 1.42 bits per heavy atom. The third kappa shape index (κ3) is 3.69. The predicted octanol–water partition coefficient (Wildman–Crippen LogP) is 3.35. The standard InChI is InChI=1S/C16H25NO2/c1-4-17(10-14-6-5-7-19-14)11-15-13(3)8-12(2)9-16(15)18/h5-7,12-13,15H,4,8-11H2,1-3H3. The van der Waals surface area contributed by atoms with Crippen LogP contribution in [0.25, 0.3) is 0 Å². The van der Waals surface area contributed by atoms with Crippen molar-refractivity contribution >= 4 is 5.78 Å². The first-order valence-corrected chi connectivity index (χ1v) is 7.37. The molecule has 0 bridgehead atoms. The lowest BCUT2D eigenvalue weighted by molar-refractivity contribution is -0.128. The van der Waals surface area contributed by atoms with Crippen LogP contribution in [0.3, 0.4) is 0 Å². The molecule has 3 nitrogen and oxygen atoms in total. The molecule has 1 aliphatic rings. The Kier molecular flexibility index (Phi) is 4.81. The number of rotatable bonds is 5. The molecule has 0 saturated heterocycles. The first kappa shape index (κ1) is 14.3. The minimum absolute atomic E-state index is 0.200. The second-order valence-electron chi connectivity index (χ2n) is 6.00. The molecule has 0 spiro atoms. The van der Waals surface area contributed by atoms with Gasteiger partial charge in [0, 0.05) is 18.9 Å². The Bertz CT molecular complexity index is 399. The number of carbonyl (C=O) groups is 1. The zero-order chi connectivity index (χ0) is 13.8. The molecule has 1 saturated carbocycles. The summed E-state index contributed by atoms with van der Waals surface area (Å²) in [4.78, 5) is 14.5. The topological polar surface area (TPSA) is 33.5 Å². The van der Waals surface area contributed by atoms with Gasteiger partial charge in [0.2, 0.25) is 0 Å². The highest BCUT2D eigenvalue weighted by Crippen LogP contribution is 2.31. The molecule has 0 radical (unpaired) electrons. The van der Waals surface area contributed by atoms with Gasteiger partial charge in [0.1, 0.15) is 11.5 Å². The summed E-state index contributed by atoms with van der Waals surface area (Å²) in [5.41, 5.74) is 0. The van der Waals surface area contributed by atoms with Crippen LogP contribution in [0.1, 0.15) is 39.4 Å². The minimum atomic E-state index is 0.200. The van der Waals surface area contributed by atoms with Crippen molar-refractivity contribution in [1.82, 2.24) is 4.90 Å². The summed E-state index contributed by atoms with van der Waals surface area (Å²) in [5, 5.41) is 0. The molecule has 1 aromatic heterocycles. The van der Waals surface area contributed by atoms with E-state index in [4.69, 9.17) is 4.42 Å². The van der Waals surface area contributed by atoms with E-state index in [1.54, 1.807) is 6.26 Å². The van der Waals surface area contributed by atoms with Gasteiger partial charge in [-0.2, -0.15) is 0 Å². The van der Waals surface area contributed by atoms with Crippen LogP contribution in [0.5, 0.6) is 0 Å². The molecule has 3 heteroatoms. The van der Waals surface area contributed by atoms with Crippen molar-refractivity contribution in [3.63, 3.8) is 0 Å². The van der Waals surface area contributed by atoms with Gasteiger partial charge in [-0.1, -0.05) is 20.8 Å². The van der Waals surface area contributed by atoms with E-state index in [9.17, 15) is 4.79 Å². The number of hydrogen-bond donors (Lipinski definition) is 0. The quantitative estimate of drug-likeness (QED) is 0.817. The summed E-state index contributed by atoms with van der Waals surface area (Å²) < 4.78 is 5.40. The van der Waals surface area contributed by atoms with E-state index < -0.39 is 0 Å². The van der Waals surface area contributed by atoms with Gasteiger partial charge in [-0.05, 0) is 36.9 Å². The summed E-state index contributed by atoms with van der Waals surface area (Å²) >= 11 is 0. The van der Waals surface area contributed by atoms with Crippen molar-refractivity contribution < 1.29 is 9.21 Å².